The number of nitrogens with one attached hydrogen (secondary N) is 1. The maximum absolute atomic E-state index is 12.0. The van der Waals surface area contributed by atoms with Gasteiger partial charge in [-0.25, -0.2) is 18.5 Å². The Kier molecular flexibility index (Phi) is 7.76. The Morgan fingerprint density at radius 1 is 1.13 bits per heavy atom. The molecule has 1 aliphatic rings. The lowest BCUT2D eigenvalue weighted by atomic mass is 10.1. The molecule has 0 spiro atoms. The van der Waals surface area contributed by atoms with E-state index in [9.17, 15) is 33.6 Å². The molecule has 17 nitrogen and oxygen atoms in total. The van der Waals surface area contributed by atoms with Gasteiger partial charge in [0.25, 0.3) is 0 Å². The summed E-state index contributed by atoms with van der Waals surface area (Å²) in [6, 6.07) is 1.36. The van der Waals surface area contributed by atoms with Gasteiger partial charge >= 0.3 is 29.2 Å². The number of aliphatic hydroxyl groups excluding tert-OH is 2. The van der Waals surface area contributed by atoms with Crippen LogP contribution in [0.15, 0.2) is 17.1 Å². The summed E-state index contributed by atoms with van der Waals surface area (Å²) in [4.78, 5) is 51.0. The largest absolute Gasteiger partial charge is 0.490 e. The molecule has 0 bridgehead atoms. The standard InChI is InChI=1S/C10H18N3O14P3/c1-11-6-2-3-13(10(16)12-6)9-8(15)7(14)5(25-9)4-24-29(20,21)27-30(22,23)26-28(17,18)19/h2-3,5,7-9,14-15H,4H2,1H3,(H,20,21)(H,22,23)(H,11,12,16)(H2,17,18,19). The van der Waals surface area contributed by atoms with Crippen molar-refractivity contribution < 1.29 is 61.4 Å². The quantitative estimate of drug-likeness (QED) is 0.187. The van der Waals surface area contributed by atoms with Crippen molar-refractivity contribution >= 4 is 29.3 Å². The van der Waals surface area contributed by atoms with Gasteiger partial charge in [-0.15, -0.1) is 0 Å². The average Bonchev–Trinajstić information content (AvgIpc) is 2.85. The van der Waals surface area contributed by atoms with E-state index in [2.05, 4.69) is 23.4 Å². The third-order valence-electron chi connectivity index (χ3n) is 3.52. The van der Waals surface area contributed by atoms with Crippen LogP contribution < -0.4 is 11.0 Å². The minimum Gasteiger partial charge on any atom is -0.387 e. The molecule has 20 heteroatoms. The molecule has 1 fully saturated rings. The van der Waals surface area contributed by atoms with Crippen molar-refractivity contribution in [3.8, 4) is 0 Å². The minimum atomic E-state index is -5.71. The summed E-state index contributed by atoms with van der Waals surface area (Å²) in [6.07, 6.45) is -5.21. The van der Waals surface area contributed by atoms with Gasteiger partial charge in [0.05, 0.1) is 6.61 Å². The average molecular weight is 497 g/mol. The Labute approximate surface area is 167 Å². The van der Waals surface area contributed by atoms with Crippen molar-refractivity contribution in [2.75, 3.05) is 19.0 Å². The zero-order valence-electron chi connectivity index (χ0n) is 14.9. The van der Waals surface area contributed by atoms with Crippen LogP contribution in [0.25, 0.3) is 0 Å². The SMILES string of the molecule is CNc1ccn(C2OC(COP(=O)(O)OP(=O)(O)OP(=O)(O)O)C(O)C2O)c(=O)n1. The Bertz CT molecular complexity index is 963. The first-order chi connectivity index (χ1) is 13.6. The molecule has 0 aliphatic carbocycles. The zero-order valence-corrected chi connectivity index (χ0v) is 17.5. The van der Waals surface area contributed by atoms with E-state index in [0.29, 0.717) is 0 Å². The summed E-state index contributed by atoms with van der Waals surface area (Å²) in [5.41, 5.74) is -0.855. The van der Waals surface area contributed by atoms with E-state index in [-0.39, 0.29) is 5.82 Å². The van der Waals surface area contributed by atoms with E-state index in [1.165, 1.54) is 19.3 Å². The van der Waals surface area contributed by atoms with E-state index in [1.54, 1.807) is 0 Å². The van der Waals surface area contributed by atoms with Gasteiger partial charge in [0, 0.05) is 13.2 Å². The second kappa shape index (κ2) is 9.22. The summed E-state index contributed by atoms with van der Waals surface area (Å²) in [5.74, 6) is 0.216. The molecule has 172 valence electrons. The zero-order chi connectivity index (χ0) is 22.9. The fourth-order valence-corrected chi connectivity index (χ4v) is 5.34. The molecule has 30 heavy (non-hydrogen) atoms. The molecule has 2 heterocycles. The molecule has 0 aromatic carbocycles. The van der Waals surface area contributed by atoms with Crippen LogP contribution in [0.1, 0.15) is 6.23 Å². The number of phosphoric ester groups is 1. The third kappa shape index (κ3) is 6.73. The fourth-order valence-electron chi connectivity index (χ4n) is 2.31. The molecule has 6 atom stereocenters. The molecule has 1 aliphatic heterocycles. The van der Waals surface area contributed by atoms with Gasteiger partial charge in [-0.3, -0.25) is 9.09 Å². The lowest BCUT2D eigenvalue weighted by molar-refractivity contribution is -0.0541. The van der Waals surface area contributed by atoms with Gasteiger partial charge in [-0.05, 0) is 6.07 Å². The van der Waals surface area contributed by atoms with Crippen LogP contribution in [-0.4, -0.2) is 71.3 Å². The summed E-state index contributed by atoms with van der Waals surface area (Å²) in [6.45, 7) is -1.00. The van der Waals surface area contributed by atoms with Gasteiger partial charge < -0.3 is 39.8 Å². The Hall–Kier alpha value is -1.03. The van der Waals surface area contributed by atoms with Crippen LogP contribution in [0.3, 0.4) is 0 Å². The molecular formula is C10H18N3O14P3. The smallest absolute Gasteiger partial charge is 0.387 e. The van der Waals surface area contributed by atoms with Crippen LogP contribution in [0.4, 0.5) is 5.82 Å². The van der Waals surface area contributed by atoms with Crippen molar-refractivity contribution in [2.45, 2.75) is 24.5 Å². The molecule has 0 saturated carbocycles. The first kappa shape index (κ1) is 25.2. The number of anilines is 1. The Morgan fingerprint density at radius 3 is 2.30 bits per heavy atom. The maximum Gasteiger partial charge on any atom is 0.490 e. The number of aliphatic hydroxyl groups is 2. The topological polar surface area (TPSA) is 256 Å². The van der Waals surface area contributed by atoms with Crippen molar-refractivity contribution in [1.29, 1.82) is 0 Å². The highest BCUT2D eigenvalue weighted by Crippen LogP contribution is 2.66. The van der Waals surface area contributed by atoms with E-state index in [1.807, 2.05) is 0 Å². The molecule has 0 amide bonds. The van der Waals surface area contributed by atoms with E-state index >= 15 is 0 Å². The van der Waals surface area contributed by atoms with Gasteiger partial charge in [-0.1, -0.05) is 0 Å². The normalized spacial score (nSPS) is 28.6. The molecule has 0 radical (unpaired) electrons. The van der Waals surface area contributed by atoms with Gasteiger partial charge in [-0.2, -0.15) is 13.6 Å². The van der Waals surface area contributed by atoms with Gasteiger partial charge in [0.2, 0.25) is 0 Å². The molecule has 1 aromatic rings. The summed E-state index contributed by atoms with van der Waals surface area (Å²) >= 11 is 0. The van der Waals surface area contributed by atoms with E-state index in [0.717, 1.165) is 4.57 Å². The highest BCUT2D eigenvalue weighted by molar-refractivity contribution is 7.66. The Balaban J connectivity index is 2.06. The van der Waals surface area contributed by atoms with E-state index in [4.69, 9.17) is 19.4 Å². The molecular weight excluding hydrogens is 479 g/mol. The van der Waals surface area contributed by atoms with Crippen LogP contribution in [0.2, 0.25) is 0 Å². The summed E-state index contributed by atoms with van der Waals surface area (Å²) in [5, 5.41) is 22.7. The number of rotatable bonds is 9. The molecule has 7 N–H and O–H groups in total. The third-order valence-corrected chi connectivity index (χ3v) is 7.32. The summed E-state index contributed by atoms with van der Waals surface area (Å²) < 4.78 is 51.0. The number of ether oxygens (including phenoxy) is 1. The van der Waals surface area contributed by atoms with Crippen molar-refractivity contribution in [3.05, 3.63) is 22.7 Å². The molecule has 1 saturated heterocycles. The number of nitrogens with zero attached hydrogens (tertiary/aromatic N) is 2. The van der Waals surface area contributed by atoms with Crippen LogP contribution in [0.5, 0.6) is 0 Å². The second-order valence-corrected chi connectivity index (χ2v) is 10.1. The molecule has 6 unspecified atom stereocenters. The number of hydrogen-bond acceptors (Lipinski definition) is 12. The number of aromatic nitrogens is 2. The van der Waals surface area contributed by atoms with Crippen molar-refractivity contribution in [1.82, 2.24) is 9.55 Å². The van der Waals surface area contributed by atoms with Crippen LogP contribution in [-0.2, 0) is 31.6 Å². The van der Waals surface area contributed by atoms with Crippen LogP contribution in [0, 0.1) is 0 Å². The summed E-state index contributed by atoms with van der Waals surface area (Å²) in [7, 11) is -15.2. The van der Waals surface area contributed by atoms with Gasteiger partial charge in [0.15, 0.2) is 6.23 Å². The first-order valence-corrected chi connectivity index (χ1v) is 12.2. The predicted octanol–water partition coefficient (Wildman–Crippen LogP) is -1.75. The van der Waals surface area contributed by atoms with Crippen molar-refractivity contribution in [3.63, 3.8) is 0 Å². The number of phosphoric acid groups is 3. The van der Waals surface area contributed by atoms with Crippen LogP contribution >= 0.6 is 23.5 Å². The van der Waals surface area contributed by atoms with Gasteiger partial charge in [0.1, 0.15) is 24.1 Å². The molecule has 2 rings (SSSR count). The van der Waals surface area contributed by atoms with E-state index < -0.39 is 60.3 Å². The monoisotopic (exact) mass is 497 g/mol. The highest BCUT2D eigenvalue weighted by atomic mass is 31.3. The lowest BCUT2D eigenvalue weighted by Crippen LogP contribution is -2.36. The number of hydrogen-bond donors (Lipinski definition) is 7. The minimum absolute atomic E-state index is 0.216. The maximum atomic E-state index is 12.0. The van der Waals surface area contributed by atoms with Crippen molar-refractivity contribution in [2.24, 2.45) is 0 Å². The fraction of sp³-hybridized carbons (Fsp3) is 0.600. The predicted molar refractivity (Wildman–Crippen MR) is 93.8 cm³/mol. The Morgan fingerprint density at radius 2 is 1.77 bits per heavy atom. The first-order valence-electron chi connectivity index (χ1n) is 7.71. The lowest BCUT2D eigenvalue weighted by Gasteiger charge is -2.19. The highest BCUT2D eigenvalue weighted by Gasteiger charge is 2.46. The second-order valence-electron chi connectivity index (χ2n) is 5.69. The molecule has 1 aromatic heterocycles.